The topological polar surface area (TPSA) is 52.3 Å². The highest BCUT2D eigenvalue weighted by molar-refractivity contribution is 6.35. The summed E-state index contributed by atoms with van der Waals surface area (Å²) >= 11 is 6.04. The molecule has 2 aromatic rings. The second-order valence-electron chi connectivity index (χ2n) is 3.76. The van der Waals surface area contributed by atoms with Gasteiger partial charge in [0.2, 0.25) is 5.91 Å². The Labute approximate surface area is 110 Å². The van der Waals surface area contributed by atoms with Crippen molar-refractivity contribution < 1.29 is 9.53 Å². The summed E-state index contributed by atoms with van der Waals surface area (Å²) in [4.78, 5) is 11.1. The fourth-order valence-electron chi connectivity index (χ4n) is 1.55. The molecule has 0 heterocycles. The van der Waals surface area contributed by atoms with Crippen molar-refractivity contribution in [2.45, 2.75) is 6.61 Å². The fourth-order valence-corrected chi connectivity index (χ4v) is 1.82. The lowest BCUT2D eigenvalue weighted by molar-refractivity contribution is 0.1000. The first-order valence-electron chi connectivity index (χ1n) is 5.43. The highest BCUT2D eigenvalue weighted by Crippen LogP contribution is 2.28. The average molecular weight is 262 g/mol. The molecule has 4 heteroatoms. The summed E-state index contributed by atoms with van der Waals surface area (Å²) in [6.45, 7) is 0.392. The molecule has 0 fully saturated rings. The van der Waals surface area contributed by atoms with Crippen molar-refractivity contribution in [1.29, 1.82) is 0 Å². The normalized spacial score (nSPS) is 10.1. The first-order valence-corrected chi connectivity index (χ1v) is 5.81. The van der Waals surface area contributed by atoms with Gasteiger partial charge in [0.15, 0.2) is 0 Å². The fraction of sp³-hybridized carbons (Fsp3) is 0.0714. The zero-order chi connectivity index (χ0) is 13.0. The van der Waals surface area contributed by atoms with Crippen LogP contribution in [-0.4, -0.2) is 5.91 Å². The number of hydrogen-bond donors (Lipinski definition) is 1. The molecule has 2 rings (SSSR count). The van der Waals surface area contributed by atoms with E-state index in [9.17, 15) is 4.79 Å². The molecule has 1 amide bonds. The van der Waals surface area contributed by atoms with E-state index in [-0.39, 0.29) is 10.6 Å². The minimum atomic E-state index is -0.565. The van der Waals surface area contributed by atoms with Crippen LogP contribution in [0.4, 0.5) is 0 Å². The Kier molecular flexibility index (Phi) is 3.85. The molecule has 2 aromatic carbocycles. The highest BCUT2D eigenvalue weighted by Gasteiger charge is 2.11. The maximum absolute atomic E-state index is 11.1. The van der Waals surface area contributed by atoms with Gasteiger partial charge < -0.3 is 10.5 Å². The number of halogens is 1. The molecular formula is C14H12ClNO2. The first kappa shape index (κ1) is 12.5. The van der Waals surface area contributed by atoms with Crippen LogP contribution in [0.5, 0.6) is 5.75 Å². The smallest absolute Gasteiger partial charge is 0.250 e. The third-order valence-electron chi connectivity index (χ3n) is 2.47. The van der Waals surface area contributed by atoms with Crippen molar-refractivity contribution in [3.05, 3.63) is 64.7 Å². The molecule has 0 aromatic heterocycles. The third-order valence-corrected chi connectivity index (χ3v) is 2.86. The van der Waals surface area contributed by atoms with Crippen LogP contribution < -0.4 is 10.5 Å². The highest BCUT2D eigenvalue weighted by atomic mass is 35.5. The molecule has 0 aliphatic rings. The van der Waals surface area contributed by atoms with Gasteiger partial charge >= 0.3 is 0 Å². The molecule has 0 saturated heterocycles. The number of benzene rings is 2. The van der Waals surface area contributed by atoms with E-state index in [0.29, 0.717) is 12.4 Å². The SMILES string of the molecule is NC(=O)c1cccc(OCc2ccccc2)c1Cl. The van der Waals surface area contributed by atoms with Gasteiger partial charge in [-0.05, 0) is 17.7 Å². The number of nitrogens with two attached hydrogens (primary N) is 1. The van der Waals surface area contributed by atoms with Gasteiger partial charge in [0.1, 0.15) is 12.4 Å². The summed E-state index contributed by atoms with van der Waals surface area (Å²) < 4.78 is 5.57. The quantitative estimate of drug-likeness (QED) is 0.920. The minimum absolute atomic E-state index is 0.251. The van der Waals surface area contributed by atoms with Crippen molar-refractivity contribution in [2.75, 3.05) is 0 Å². The van der Waals surface area contributed by atoms with Gasteiger partial charge in [0, 0.05) is 0 Å². The summed E-state index contributed by atoms with van der Waals surface area (Å²) in [5, 5.41) is 0.251. The molecule has 0 aliphatic heterocycles. The summed E-state index contributed by atoms with van der Waals surface area (Å²) in [6.07, 6.45) is 0. The van der Waals surface area contributed by atoms with Crippen molar-refractivity contribution in [2.24, 2.45) is 5.73 Å². The Morgan fingerprint density at radius 1 is 1.11 bits per heavy atom. The van der Waals surface area contributed by atoms with Crippen LogP contribution in [0.3, 0.4) is 0 Å². The number of primary amides is 1. The maximum Gasteiger partial charge on any atom is 0.250 e. The zero-order valence-electron chi connectivity index (χ0n) is 9.60. The lowest BCUT2D eigenvalue weighted by atomic mass is 10.2. The lowest BCUT2D eigenvalue weighted by Gasteiger charge is -2.09. The molecular weight excluding hydrogens is 250 g/mol. The average Bonchev–Trinajstić information content (AvgIpc) is 2.38. The number of amides is 1. The van der Waals surface area contributed by atoms with E-state index in [0.717, 1.165) is 5.56 Å². The first-order chi connectivity index (χ1) is 8.68. The molecule has 0 radical (unpaired) electrons. The van der Waals surface area contributed by atoms with Gasteiger partial charge in [-0.25, -0.2) is 0 Å². The molecule has 92 valence electrons. The summed E-state index contributed by atoms with van der Waals surface area (Å²) in [6, 6.07) is 14.7. The van der Waals surface area contributed by atoms with E-state index in [1.165, 1.54) is 0 Å². The number of ether oxygens (including phenoxy) is 1. The van der Waals surface area contributed by atoms with Crippen LogP contribution in [0.25, 0.3) is 0 Å². The van der Waals surface area contributed by atoms with Crippen LogP contribution >= 0.6 is 11.6 Å². The Balaban J connectivity index is 2.15. The number of carbonyl (C=O) groups is 1. The zero-order valence-corrected chi connectivity index (χ0v) is 10.4. The molecule has 2 N–H and O–H groups in total. The molecule has 0 unspecified atom stereocenters. The molecule has 18 heavy (non-hydrogen) atoms. The Morgan fingerprint density at radius 2 is 1.83 bits per heavy atom. The summed E-state index contributed by atoms with van der Waals surface area (Å²) in [5.74, 6) is -0.109. The number of rotatable bonds is 4. The Morgan fingerprint density at radius 3 is 2.50 bits per heavy atom. The molecule has 0 spiro atoms. The molecule has 0 bridgehead atoms. The van der Waals surface area contributed by atoms with E-state index in [1.807, 2.05) is 30.3 Å². The van der Waals surface area contributed by atoms with E-state index < -0.39 is 5.91 Å². The monoisotopic (exact) mass is 261 g/mol. The van der Waals surface area contributed by atoms with E-state index in [4.69, 9.17) is 22.1 Å². The van der Waals surface area contributed by atoms with Gasteiger partial charge in [0.25, 0.3) is 0 Å². The maximum atomic E-state index is 11.1. The van der Waals surface area contributed by atoms with E-state index >= 15 is 0 Å². The van der Waals surface area contributed by atoms with Gasteiger partial charge in [-0.1, -0.05) is 48.0 Å². The van der Waals surface area contributed by atoms with Crippen molar-refractivity contribution in [3.63, 3.8) is 0 Å². The van der Waals surface area contributed by atoms with Crippen LogP contribution in [0.15, 0.2) is 48.5 Å². The second kappa shape index (κ2) is 5.56. The standard InChI is InChI=1S/C14H12ClNO2/c15-13-11(14(16)17)7-4-8-12(13)18-9-10-5-2-1-3-6-10/h1-8H,9H2,(H2,16,17). The molecule has 0 saturated carbocycles. The summed E-state index contributed by atoms with van der Waals surface area (Å²) in [7, 11) is 0. The largest absolute Gasteiger partial charge is 0.487 e. The number of carbonyl (C=O) groups excluding carboxylic acids is 1. The van der Waals surface area contributed by atoms with Gasteiger partial charge in [-0.15, -0.1) is 0 Å². The second-order valence-corrected chi connectivity index (χ2v) is 4.13. The predicted molar refractivity (Wildman–Crippen MR) is 70.7 cm³/mol. The van der Waals surface area contributed by atoms with Crippen molar-refractivity contribution >= 4 is 17.5 Å². The van der Waals surface area contributed by atoms with Crippen LogP contribution in [0.2, 0.25) is 5.02 Å². The van der Waals surface area contributed by atoms with E-state index in [2.05, 4.69) is 0 Å². The minimum Gasteiger partial charge on any atom is -0.487 e. The van der Waals surface area contributed by atoms with Crippen molar-refractivity contribution in [1.82, 2.24) is 0 Å². The van der Waals surface area contributed by atoms with Crippen LogP contribution in [0, 0.1) is 0 Å². The molecule has 3 nitrogen and oxygen atoms in total. The van der Waals surface area contributed by atoms with Gasteiger partial charge in [-0.2, -0.15) is 0 Å². The predicted octanol–water partition coefficient (Wildman–Crippen LogP) is 3.02. The molecule has 0 aliphatic carbocycles. The molecule has 0 atom stereocenters. The third kappa shape index (κ3) is 2.81. The summed E-state index contributed by atoms with van der Waals surface area (Å²) in [5.41, 5.74) is 6.50. The Bertz CT molecular complexity index is 555. The lowest BCUT2D eigenvalue weighted by Crippen LogP contribution is -2.12. The van der Waals surface area contributed by atoms with Crippen LogP contribution in [0.1, 0.15) is 15.9 Å². The van der Waals surface area contributed by atoms with Gasteiger partial charge in [-0.3, -0.25) is 4.79 Å². The van der Waals surface area contributed by atoms with Crippen LogP contribution in [-0.2, 0) is 6.61 Å². The van der Waals surface area contributed by atoms with E-state index in [1.54, 1.807) is 18.2 Å². The Hall–Kier alpha value is -2.00. The number of hydrogen-bond acceptors (Lipinski definition) is 2. The van der Waals surface area contributed by atoms with Gasteiger partial charge in [0.05, 0.1) is 10.6 Å². The van der Waals surface area contributed by atoms with Crippen molar-refractivity contribution in [3.8, 4) is 5.75 Å².